The van der Waals surface area contributed by atoms with Gasteiger partial charge in [-0.2, -0.15) is 0 Å². The van der Waals surface area contributed by atoms with Gasteiger partial charge in [0, 0.05) is 15.7 Å². The van der Waals surface area contributed by atoms with E-state index < -0.39 is 30.3 Å². The van der Waals surface area contributed by atoms with Gasteiger partial charge in [-0.1, -0.05) is 35.3 Å². The summed E-state index contributed by atoms with van der Waals surface area (Å²) in [7, 11) is 0. The number of hydrogen-bond acceptors (Lipinski definition) is 5. The topological polar surface area (TPSA) is 92.8 Å². The second-order valence-electron chi connectivity index (χ2n) is 7.78. The Labute approximate surface area is 205 Å². The fraction of sp³-hybridized carbons (Fsp3) is 0.120. The van der Waals surface area contributed by atoms with E-state index in [2.05, 4.69) is 5.32 Å². The first kappa shape index (κ1) is 23.5. The van der Waals surface area contributed by atoms with Crippen molar-refractivity contribution < 1.29 is 23.9 Å². The number of nitrogens with one attached hydrogen (secondary N) is 1. The molecule has 172 valence electrons. The van der Waals surface area contributed by atoms with Gasteiger partial charge in [0.15, 0.2) is 6.61 Å². The first-order valence-corrected chi connectivity index (χ1v) is 10.9. The fourth-order valence-electron chi connectivity index (χ4n) is 3.58. The Bertz CT molecular complexity index is 1350. The number of nitrogens with zero attached hydrogens (tertiary/aromatic N) is 1. The van der Waals surface area contributed by atoms with Crippen molar-refractivity contribution >= 4 is 58.3 Å². The maximum atomic E-state index is 13.0. The molecule has 0 unspecified atom stereocenters. The third kappa shape index (κ3) is 4.66. The summed E-state index contributed by atoms with van der Waals surface area (Å²) < 4.78 is 5.06. The fourth-order valence-corrected chi connectivity index (χ4v) is 4.11. The Morgan fingerprint density at radius 2 is 1.56 bits per heavy atom. The van der Waals surface area contributed by atoms with Crippen molar-refractivity contribution in [1.29, 1.82) is 0 Å². The van der Waals surface area contributed by atoms with E-state index in [4.69, 9.17) is 27.9 Å². The number of benzene rings is 3. The predicted molar refractivity (Wildman–Crippen MR) is 129 cm³/mol. The van der Waals surface area contributed by atoms with Gasteiger partial charge in [-0.05, 0) is 67.4 Å². The molecule has 1 aliphatic heterocycles. The number of esters is 1. The highest BCUT2D eigenvalue weighted by molar-refractivity contribution is 6.35. The number of halogens is 2. The highest BCUT2D eigenvalue weighted by Crippen LogP contribution is 2.32. The first-order valence-electron chi connectivity index (χ1n) is 10.2. The van der Waals surface area contributed by atoms with Crippen LogP contribution in [-0.4, -0.2) is 30.3 Å². The zero-order valence-corrected chi connectivity index (χ0v) is 19.7. The standard InChI is InChI=1S/C25H18Cl2N2O5/c1-13-3-4-14(2)21(7-13)29-23(31)19-6-5-15(8-20(19)24(29)32)25(33)34-12-22(30)28-18-10-16(26)9-17(27)11-18/h3-11H,12H2,1-2H3,(H,28,30). The average Bonchev–Trinajstić information content (AvgIpc) is 3.02. The van der Waals surface area contributed by atoms with Crippen molar-refractivity contribution in [3.8, 4) is 0 Å². The van der Waals surface area contributed by atoms with E-state index in [1.165, 1.54) is 36.4 Å². The molecule has 0 bridgehead atoms. The second kappa shape index (κ2) is 9.29. The lowest BCUT2D eigenvalue weighted by atomic mass is 10.1. The minimum atomic E-state index is -0.812. The molecule has 34 heavy (non-hydrogen) atoms. The van der Waals surface area contributed by atoms with E-state index in [0.717, 1.165) is 16.0 Å². The van der Waals surface area contributed by atoms with Crippen LogP contribution in [0.3, 0.4) is 0 Å². The van der Waals surface area contributed by atoms with Crippen LogP contribution in [0, 0.1) is 13.8 Å². The Morgan fingerprint density at radius 1 is 0.882 bits per heavy atom. The number of rotatable bonds is 5. The first-order chi connectivity index (χ1) is 16.1. The molecule has 0 spiro atoms. The average molecular weight is 497 g/mol. The van der Waals surface area contributed by atoms with Crippen LogP contribution >= 0.6 is 23.2 Å². The summed E-state index contributed by atoms with van der Waals surface area (Å²) in [6.07, 6.45) is 0. The second-order valence-corrected chi connectivity index (χ2v) is 8.65. The smallest absolute Gasteiger partial charge is 0.338 e. The van der Waals surface area contributed by atoms with Crippen LogP contribution in [0.2, 0.25) is 10.0 Å². The lowest BCUT2D eigenvalue weighted by Gasteiger charge is -2.17. The van der Waals surface area contributed by atoms with Gasteiger partial charge in [0.05, 0.1) is 22.4 Å². The highest BCUT2D eigenvalue weighted by atomic mass is 35.5. The van der Waals surface area contributed by atoms with Crippen molar-refractivity contribution in [2.24, 2.45) is 0 Å². The number of carbonyl (C=O) groups is 4. The number of anilines is 2. The molecule has 3 aromatic rings. The molecule has 7 nitrogen and oxygen atoms in total. The molecule has 0 saturated carbocycles. The third-order valence-corrected chi connectivity index (χ3v) is 5.64. The van der Waals surface area contributed by atoms with E-state index in [9.17, 15) is 19.2 Å². The van der Waals surface area contributed by atoms with Gasteiger partial charge in [-0.25, -0.2) is 9.69 Å². The molecule has 9 heteroatoms. The van der Waals surface area contributed by atoms with E-state index in [1.807, 2.05) is 26.0 Å². The molecule has 0 saturated heterocycles. The molecular formula is C25H18Cl2N2O5. The number of ether oxygens (including phenoxy) is 1. The number of aryl methyl sites for hydroxylation is 2. The van der Waals surface area contributed by atoms with E-state index in [0.29, 0.717) is 21.4 Å². The summed E-state index contributed by atoms with van der Waals surface area (Å²) in [6.45, 7) is 3.11. The Hall–Kier alpha value is -3.68. The number of fused-ring (bicyclic) bond motifs is 1. The minimum absolute atomic E-state index is 0.0429. The molecule has 1 N–H and O–H groups in total. The van der Waals surface area contributed by atoms with Crippen LogP contribution in [0.4, 0.5) is 11.4 Å². The Balaban J connectivity index is 1.47. The van der Waals surface area contributed by atoms with Crippen molar-refractivity contribution in [1.82, 2.24) is 0 Å². The predicted octanol–water partition coefficient (Wildman–Crippen LogP) is 5.21. The summed E-state index contributed by atoms with van der Waals surface area (Å²) in [5.74, 6) is -2.40. The van der Waals surface area contributed by atoms with Crippen LogP contribution in [0.1, 0.15) is 42.2 Å². The van der Waals surface area contributed by atoms with Gasteiger partial charge in [-0.15, -0.1) is 0 Å². The van der Waals surface area contributed by atoms with Crippen molar-refractivity contribution in [2.75, 3.05) is 16.8 Å². The minimum Gasteiger partial charge on any atom is -0.452 e. The number of imide groups is 1. The summed E-state index contributed by atoms with van der Waals surface area (Å²) >= 11 is 11.8. The summed E-state index contributed by atoms with van der Waals surface area (Å²) in [5.41, 5.74) is 2.85. The monoisotopic (exact) mass is 496 g/mol. The largest absolute Gasteiger partial charge is 0.452 e. The van der Waals surface area contributed by atoms with Gasteiger partial charge in [0.2, 0.25) is 0 Å². The van der Waals surface area contributed by atoms with Gasteiger partial charge in [0.1, 0.15) is 0 Å². The van der Waals surface area contributed by atoms with Gasteiger partial charge in [-0.3, -0.25) is 14.4 Å². The van der Waals surface area contributed by atoms with Crippen LogP contribution in [0.15, 0.2) is 54.6 Å². The summed E-state index contributed by atoms with van der Waals surface area (Å²) in [4.78, 5) is 51.7. The molecule has 0 fully saturated rings. The molecule has 0 atom stereocenters. The van der Waals surface area contributed by atoms with Gasteiger partial charge in [0.25, 0.3) is 17.7 Å². The normalized spacial score (nSPS) is 12.5. The van der Waals surface area contributed by atoms with Crippen LogP contribution in [0.5, 0.6) is 0 Å². The lowest BCUT2D eigenvalue weighted by molar-refractivity contribution is -0.119. The molecule has 0 aromatic heterocycles. The molecule has 0 aliphatic carbocycles. The maximum Gasteiger partial charge on any atom is 0.338 e. The summed E-state index contributed by atoms with van der Waals surface area (Å²) in [6, 6.07) is 14.1. The van der Waals surface area contributed by atoms with E-state index in [-0.39, 0.29) is 16.7 Å². The quantitative estimate of drug-likeness (QED) is 0.386. The van der Waals surface area contributed by atoms with Gasteiger partial charge < -0.3 is 10.1 Å². The maximum absolute atomic E-state index is 13.0. The number of hydrogen-bond donors (Lipinski definition) is 1. The zero-order valence-electron chi connectivity index (χ0n) is 18.1. The zero-order chi connectivity index (χ0) is 24.6. The van der Waals surface area contributed by atoms with Crippen LogP contribution < -0.4 is 10.2 Å². The van der Waals surface area contributed by atoms with Crippen LogP contribution in [-0.2, 0) is 9.53 Å². The van der Waals surface area contributed by atoms with Crippen molar-refractivity contribution in [3.05, 3.63) is 92.5 Å². The summed E-state index contributed by atoms with van der Waals surface area (Å²) in [5, 5.41) is 3.21. The molecule has 1 aliphatic rings. The van der Waals surface area contributed by atoms with E-state index >= 15 is 0 Å². The van der Waals surface area contributed by atoms with Crippen molar-refractivity contribution in [3.63, 3.8) is 0 Å². The number of carbonyl (C=O) groups excluding carboxylic acids is 4. The highest BCUT2D eigenvalue weighted by Gasteiger charge is 2.38. The Kier molecular flexibility index (Phi) is 6.41. The lowest BCUT2D eigenvalue weighted by Crippen LogP contribution is -2.30. The SMILES string of the molecule is Cc1ccc(C)c(N2C(=O)c3ccc(C(=O)OCC(=O)Nc4cc(Cl)cc(Cl)c4)cc3C2=O)c1. The molecule has 3 aromatic carbocycles. The molecular weight excluding hydrogens is 479 g/mol. The van der Waals surface area contributed by atoms with Crippen LogP contribution in [0.25, 0.3) is 0 Å². The molecule has 0 radical (unpaired) electrons. The Morgan fingerprint density at radius 3 is 2.26 bits per heavy atom. The number of amides is 3. The van der Waals surface area contributed by atoms with Crippen molar-refractivity contribution in [2.45, 2.75) is 13.8 Å². The molecule has 3 amide bonds. The third-order valence-electron chi connectivity index (χ3n) is 5.21. The van der Waals surface area contributed by atoms with E-state index in [1.54, 1.807) is 6.07 Å². The molecule has 1 heterocycles. The molecule has 4 rings (SSSR count). The van der Waals surface area contributed by atoms with Gasteiger partial charge >= 0.3 is 5.97 Å².